The Morgan fingerprint density at radius 1 is 1.02 bits per heavy atom. The third-order valence-corrected chi connectivity index (χ3v) is 6.46. The quantitative estimate of drug-likeness (QED) is 0.118. The molecule has 0 aliphatic carbocycles. The van der Waals surface area contributed by atoms with E-state index in [9.17, 15) is 14.4 Å². The number of nitrogens with zero attached hydrogens (tertiary/aromatic N) is 1. The van der Waals surface area contributed by atoms with Crippen LogP contribution in [0.4, 0.5) is 0 Å². The number of imide groups is 1. The molecule has 3 rings (SSSR count). The number of hydrogen-bond acceptors (Lipinski definition) is 9. The molecule has 0 unspecified atom stereocenters. The molecule has 1 heterocycles. The lowest BCUT2D eigenvalue weighted by molar-refractivity contribution is -0.139. The third kappa shape index (κ3) is 10.1. The lowest BCUT2D eigenvalue weighted by Crippen LogP contribution is -2.37. The molecule has 2 aromatic carbocycles. The van der Waals surface area contributed by atoms with Gasteiger partial charge in [0.25, 0.3) is 11.8 Å². The topological polar surface area (TPSA) is 144 Å². The van der Waals surface area contributed by atoms with Gasteiger partial charge in [-0.3, -0.25) is 24.1 Å². The Balaban J connectivity index is 1.36. The molecule has 0 spiro atoms. The van der Waals surface area contributed by atoms with Crippen molar-refractivity contribution in [1.29, 1.82) is 0 Å². The van der Waals surface area contributed by atoms with Gasteiger partial charge in [-0.1, -0.05) is 43.2 Å². The normalized spacial score (nSPS) is 12.9. The van der Waals surface area contributed by atoms with Gasteiger partial charge in [0.15, 0.2) is 11.5 Å². The first-order valence-corrected chi connectivity index (χ1v) is 13.8. The van der Waals surface area contributed by atoms with Crippen molar-refractivity contribution < 1.29 is 43.5 Å². The van der Waals surface area contributed by atoms with Crippen LogP contribution in [0.5, 0.6) is 17.2 Å². The molecule has 0 aromatic heterocycles. The summed E-state index contributed by atoms with van der Waals surface area (Å²) in [6, 6.07) is 10.0. The average Bonchev–Trinajstić information content (AvgIpc) is 2.99. The first-order valence-electron chi connectivity index (χ1n) is 13.8. The number of carbonyl (C=O) groups excluding carboxylic acids is 3. The van der Waals surface area contributed by atoms with E-state index in [1.54, 1.807) is 48.6 Å². The van der Waals surface area contributed by atoms with E-state index < -0.39 is 7.12 Å². The van der Waals surface area contributed by atoms with Gasteiger partial charge in [0, 0.05) is 19.0 Å². The second-order valence-corrected chi connectivity index (χ2v) is 9.55. The van der Waals surface area contributed by atoms with Gasteiger partial charge in [-0.05, 0) is 60.1 Å². The summed E-state index contributed by atoms with van der Waals surface area (Å²) in [5.41, 5.74) is 4.25. The van der Waals surface area contributed by atoms with Crippen LogP contribution in [0.25, 0.3) is 6.08 Å². The fourth-order valence-electron chi connectivity index (χ4n) is 4.16. The number of methoxy groups -OCH3 is 2. The Morgan fingerprint density at radius 2 is 1.71 bits per heavy atom. The molecule has 0 saturated heterocycles. The lowest BCUT2D eigenvalue weighted by atomic mass is 9.80. The Kier molecular flexibility index (Phi) is 13.1. The van der Waals surface area contributed by atoms with E-state index >= 15 is 0 Å². The van der Waals surface area contributed by atoms with Gasteiger partial charge in [0.2, 0.25) is 11.7 Å². The van der Waals surface area contributed by atoms with E-state index in [-0.39, 0.29) is 24.3 Å². The summed E-state index contributed by atoms with van der Waals surface area (Å²) in [5, 5.41) is 18.2. The zero-order valence-electron chi connectivity index (χ0n) is 23.9. The Hall–Kier alpha value is -4.13. The van der Waals surface area contributed by atoms with Crippen LogP contribution in [0.3, 0.4) is 0 Å². The fraction of sp³-hybridized carbons (Fsp3) is 0.367. The van der Waals surface area contributed by atoms with Crippen molar-refractivity contribution in [1.82, 2.24) is 10.4 Å². The number of hydroxylamine groups is 1. The zero-order chi connectivity index (χ0) is 30.3. The number of hydrogen-bond donors (Lipinski definition) is 3. The highest BCUT2D eigenvalue weighted by Gasteiger charge is 2.19. The summed E-state index contributed by atoms with van der Waals surface area (Å²) in [6.45, 7) is 0.951. The van der Waals surface area contributed by atoms with Crippen molar-refractivity contribution in [2.75, 3.05) is 27.4 Å². The van der Waals surface area contributed by atoms with Crippen LogP contribution < -0.4 is 25.2 Å². The van der Waals surface area contributed by atoms with Crippen LogP contribution >= 0.6 is 0 Å². The van der Waals surface area contributed by atoms with Gasteiger partial charge in [-0.2, -0.15) is 0 Å². The first kappa shape index (κ1) is 32.4. The predicted octanol–water partition coefficient (Wildman–Crippen LogP) is 2.29. The smallest absolute Gasteiger partial charge is 0.488 e. The first-order chi connectivity index (χ1) is 20.3. The summed E-state index contributed by atoms with van der Waals surface area (Å²) < 4.78 is 16.9. The van der Waals surface area contributed by atoms with Crippen molar-refractivity contribution in [3.8, 4) is 17.2 Å². The van der Waals surface area contributed by atoms with Crippen LogP contribution in [0.15, 0.2) is 54.6 Å². The van der Waals surface area contributed by atoms with Gasteiger partial charge in [-0.25, -0.2) is 5.48 Å². The van der Waals surface area contributed by atoms with Crippen molar-refractivity contribution in [3.63, 3.8) is 0 Å². The highest BCUT2D eigenvalue weighted by molar-refractivity contribution is 6.58. The van der Waals surface area contributed by atoms with E-state index in [1.165, 1.54) is 31.3 Å². The average molecular weight is 580 g/mol. The zero-order valence-corrected chi connectivity index (χ0v) is 23.9. The summed E-state index contributed by atoms with van der Waals surface area (Å²) in [7, 11) is 1.52. The number of rotatable bonds is 16. The number of unbranched alkanes of at least 4 members (excludes halogenated alkanes) is 3. The van der Waals surface area contributed by atoms with Crippen molar-refractivity contribution >= 4 is 36.4 Å². The SMILES string of the molecule is COc1cc(/C=C/C(=O)N2CCC=CC2=O)cc(OC)c1OCCCCCCC(=O)NOCc1ccc(B(O)O)cc1. The van der Waals surface area contributed by atoms with Gasteiger partial charge in [-0.15, -0.1) is 0 Å². The predicted molar refractivity (Wildman–Crippen MR) is 157 cm³/mol. The van der Waals surface area contributed by atoms with Gasteiger partial charge in [0.1, 0.15) is 0 Å². The third-order valence-electron chi connectivity index (χ3n) is 6.46. The molecule has 2 aromatic rings. The highest BCUT2D eigenvalue weighted by Crippen LogP contribution is 2.39. The van der Waals surface area contributed by atoms with Gasteiger partial charge >= 0.3 is 7.12 Å². The minimum Gasteiger partial charge on any atom is -0.493 e. The monoisotopic (exact) mass is 580 g/mol. The minimum absolute atomic E-state index is 0.171. The maximum absolute atomic E-state index is 12.4. The van der Waals surface area contributed by atoms with Crippen LogP contribution in [0.2, 0.25) is 0 Å². The minimum atomic E-state index is -1.52. The summed E-state index contributed by atoms with van der Waals surface area (Å²) >= 11 is 0. The second-order valence-electron chi connectivity index (χ2n) is 9.55. The van der Waals surface area contributed by atoms with Crippen LogP contribution in [0, 0.1) is 0 Å². The standard InChI is InChI=1S/C30H37BN2O9/c1-39-25-19-23(13-16-29(36)33-17-7-6-10-28(33)35)20-26(40-2)30(25)41-18-8-4-3-5-9-27(34)32-42-21-22-11-14-24(15-12-22)31(37)38/h6,10-16,19-20,37-38H,3-5,7-9,17-18,21H2,1-2H3,(H,32,34)/b16-13+. The van der Waals surface area contributed by atoms with E-state index in [0.717, 1.165) is 24.8 Å². The molecule has 1 aliphatic rings. The van der Waals surface area contributed by atoms with E-state index in [2.05, 4.69) is 5.48 Å². The Morgan fingerprint density at radius 3 is 2.36 bits per heavy atom. The lowest BCUT2D eigenvalue weighted by Gasteiger charge is -2.19. The molecule has 12 heteroatoms. The molecular weight excluding hydrogens is 543 g/mol. The van der Waals surface area contributed by atoms with E-state index in [0.29, 0.717) is 60.7 Å². The largest absolute Gasteiger partial charge is 0.493 e. The number of ether oxygens (including phenoxy) is 3. The molecule has 0 saturated carbocycles. The molecule has 42 heavy (non-hydrogen) atoms. The van der Waals surface area contributed by atoms with Gasteiger partial charge < -0.3 is 24.3 Å². The molecule has 0 radical (unpaired) electrons. The number of carbonyl (C=O) groups is 3. The molecule has 1 aliphatic heterocycles. The molecule has 3 amide bonds. The highest BCUT2D eigenvalue weighted by atomic mass is 16.6. The van der Waals surface area contributed by atoms with Crippen molar-refractivity contribution in [3.05, 3.63) is 65.8 Å². The molecule has 3 N–H and O–H groups in total. The Labute approximate surface area is 245 Å². The van der Waals surface area contributed by atoms with Crippen molar-refractivity contribution in [2.24, 2.45) is 0 Å². The molecule has 11 nitrogen and oxygen atoms in total. The van der Waals surface area contributed by atoms with E-state index in [1.807, 2.05) is 0 Å². The van der Waals surface area contributed by atoms with Crippen LogP contribution in [-0.2, 0) is 25.8 Å². The van der Waals surface area contributed by atoms with Gasteiger partial charge in [0.05, 0.1) is 27.4 Å². The molecule has 0 atom stereocenters. The summed E-state index contributed by atoms with van der Waals surface area (Å²) in [6.07, 6.45) is 10.2. The van der Waals surface area contributed by atoms with Crippen LogP contribution in [0.1, 0.15) is 49.7 Å². The maximum Gasteiger partial charge on any atom is 0.488 e. The fourth-order valence-corrected chi connectivity index (χ4v) is 4.16. The number of nitrogens with one attached hydrogen (secondary N) is 1. The maximum atomic E-state index is 12.4. The summed E-state index contributed by atoms with van der Waals surface area (Å²) in [4.78, 5) is 42.8. The molecule has 0 bridgehead atoms. The Bertz CT molecular complexity index is 1240. The molecule has 0 fully saturated rings. The van der Waals surface area contributed by atoms with E-state index in [4.69, 9.17) is 29.1 Å². The molecular formula is C30H37BN2O9. The summed E-state index contributed by atoms with van der Waals surface area (Å²) in [5.74, 6) is 0.444. The number of amides is 3. The van der Waals surface area contributed by atoms with Crippen LogP contribution in [-0.4, -0.2) is 67.2 Å². The second kappa shape index (κ2) is 17.0. The molecule has 224 valence electrons. The number of benzene rings is 2. The van der Waals surface area contributed by atoms with Crippen molar-refractivity contribution in [2.45, 2.75) is 45.1 Å².